The van der Waals surface area contributed by atoms with Gasteiger partial charge in [-0.15, -0.1) is 0 Å². The highest BCUT2D eigenvalue weighted by atomic mass is 16.6. The van der Waals surface area contributed by atoms with Gasteiger partial charge in [-0.25, -0.2) is 0 Å². The lowest BCUT2D eigenvalue weighted by atomic mass is 9.99. The second-order valence-corrected chi connectivity index (χ2v) is 5.17. The molecule has 1 atom stereocenters. The van der Waals surface area contributed by atoms with Gasteiger partial charge in [-0.3, -0.25) is 14.9 Å². The Balaban J connectivity index is 2.26. The van der Waals surface area contributed by atoms with Gasteiger partial charge >= 0.3 is 5.69 Å². The number of nitrogens with zero attached hydrogens (tertiary/aromatic N) is 1. The number of hydrogen-bond donors (Lipinski definition) is 0. The first-order valence-electron chi connectivity index (χ1n) is 6.91. The van der Waals surface area contributed by atoms with Crippen molar-refractivity contribution in [2.45, 2.75) is 26.9 Å². The van der Waals surface area contributed by atoms with Crippen molar-refractivity contribution in [1.29, 1.82) is 0 Å². The van der Waals surface area contributed by atoms with Crippen molar-refractivity contribution < 1.29 is 14.5 Å². The lowest BCUT2D eigenvalue weighted by Gasteiger charge is -2.15. The molecule has 0 saturated carbocycles. The molecule has 0 spiro atoms. The summed E-state index contributed by atoms with van der Waals surface area (Å²) in [5.74, 6) is -0.0991. The van der Waals surface area contributed by atoms with Crippen molar-refractivity contribution in [3.8, 4) is 5.75 Å². The molecular formula is C17H17NO4. The van der Waals surface area contributed by atoms with E-state index in [1.807, 2.05) is 26.0 Å². The predicted octanol–water partition coefficient (Wildman–Crippen LogP) is 3.86. The molecule has 0 aliphatic carbocycles. The monoisotopic (exact) mass is 299 g/mol. The molecule has 0 unspecified atom stereocenters. The van der Waals surface area contributed by atoms with Gasteiger partial charge < -0.3 is 4.74 Å². The average Bonchev–Trinajstić information content (AvgIpc) is 2.49. The van der Waals surface area contributed by atoms with Crippen LogP contribution in [-0.2, 0) is 0 Å². The van der Waals surface area contributed by atoms with E-state index in [-0.39, 0.29) is 17.2 Å². The molecule has 5 nitrogen and oxygen atoms in total. The summed E-state index contributed by atoms with van der Waals surface area (Å²) in [4.78, 5) is 23.0. The summed E-state index contributed by atoms with van der Waals surface area (Å²) in [5, 5.41) is 11.0. The predicted molar refractivity (Wildman–Crippen MR) is 83.4 cm³/mol. The number of aryl methyl sites for hydroxylation is 2. The maximum Gasteiger partial charge on any atom is 0.310 e. The Bertz CT molecular complexity index is 724. The number of nitro benzene ring substituents is 1. The minimum Gasteiger partial charge on any atom is -0.475 e. The molecule has 2 rings (SSSR count). The van der Waals surface area contributed by atoms with Crippen LogP contribution in [0.4, 0.5) is 5.69 Å². The maximum atomic E-state index is 12.5. The molecule has 0 aliphatic rings. The van der Waals surface area contributed by atoms with E-state index in [0.29, 0.717) is 5.56 Å². The Morgan fingerprint density at radius 3 is 2.55 bits per heavy atom. The van der Waals surface area contributed by atoms with Crippen LogP contribution in [0.1, 0.15) is 28.4 Å². The van der Waals surface area contributed by atoms with Crippen LogP contribution in [0.3, 0.4) is 0 Å². The first-order chi connectivity index (χ1) is 10.4. The molecule has 5 heteroatoms. The molecule has 2 aromatic rings. The van der Waals surface area contributed by atoms with Crippen LogP contribution in [0, 0.1) is 24.0 Å². The fourth-order valence-corrected chi connectivity index (χ4v) is 2.17. The van der Waals surface area contributed by atoms with Crippen molar-refractivity contribution in [1.82, 2.24) is 0 Å². The first-order valence-corrected chi connectivity index (χ1v) is 6.91. The molecule has 0 bridgehead atoms. The van der Waals surface area contributed by atoms with E-state index in [9.17, 15) is 14.9 Å². The number of hydrogen-bond acceptors (Lipinski definition) is 4. The van der Waals surface area contributed by atoms with Gasteiger partial charge in [0.1, 0.15) is 0 Å². The zero-order valence-electron chi connectivity index (χ0n) is 12.7. The van der Waals surface area contributed by atoms with Gasteiger partial charge in [0.25, 0.3) is 0 Å². The van der Waals surface area contributed by atoms with Gasteiger partial charge in [0, 0.05) is 11.6 Å². The van der Waals surface area contributed by atoms with Crippen LogP contribution in [0.2, 0.25) is 0 Å². The lowest BCUT2D eigenvalue weighted by Crippen LogP contribution is -2.25. The molecule has 114 valence electrons. The molecule has 22 heavy (non-hydrogen) atoms. The molecule has 0 fully saturated rings. The Hall–Kier alpha value is -2.69. The average molecular weight is 299 g/mol. The van der Waals surface area contributed by atoms with Crippen LogP contribution >= 0.6 is 0 Å². The smallest absolute Gasteiger partial charge is 0.310 e. The van der Waals surface area contributed by atoms with E-state index in [2.05, 4.69) is 0 Å². The molecule has 0 aromatic heterocycles. The van der Waals surface area contributed by atoms with E-state index in [1.54, 1.807) is 25.1 Å². The fourth-order valence-electron chi connectivity index (χ4n) is 2.17. The quantitative estimate of drug-likeness (QED) is 0.477. The Kier molecular flexibility index (Phi) is 4.56. The van der Waals surface area contributed by atoms with Gasteiger partial charge in [0.05, 0.1) is 4.92 Å². The number of carbonyl (C=O) groups is 1. The maximum absolute atomic E-state index is 12.5. The number of para-hydroxylation sites is 2. The van der Waals surface area contributed by atoms with Crippen LogP contribution in [0.25, 0.3) is 0 Å². The molecular weight excluding hydrogens is 282 g/mol. The highest BCUT2D eigenvalue weighted by molar-refractivity contribution is 6.00. The fraction of sp³-hybridized carbons (Fsp3) is 0.235. The van der Waals surface area contributed by atoms with Gasteiger partial charge in [-0.2, -0.15) is 0 Å². The minimum absolute atomic E-state index is 0.0960. The largest absolute Gasteiger partial charge is 0.475 e. The number of ketones is 1. The Morgan fingerprint density at radius 2 is 1.86 bits per heavy atom. The third-order valence-electron chi connectivity index (χ3n) is 3.39. The number of benzene rings is 2. The van der Waals surface area contributed by atoms with Crippen molar-refractivity contribution in [3.05, 3.63) is 69.3 Å². The summed E-state index contributed by atoms with van der Waals surface area (Å²) < 4.78 is 5.53. The summed E-state index contributed by atoms with van der Waals surface area (Å²) in [5.41, 5.74) is 2.26. The zero-order valence-corrected chi connectivity index (χ0v) is 12.7. The summed E-state index contributed by atoms with van der Waals surface area (Å²) in [7, 11) is 0. The van der Waals surface area contributed by atoms with Crippen molar-refractivity contribution in [2.24, 2.45) is 0 Å². The first kappa shape index (κ1) is 15.7. The third kappa shape index (κ3) is 3.31. The SMILES string of the molecule is Cc1ccc(C)c(C(=O)[C@H](C)Oc2ccccc2[N+](=O)[O-])c1. The van der Waals surface area contributed by atoms with Gasteiger partial charge in [0.15, 0.2) is 11.9 Å². The normalized spacial score (nSPS) is 11.8. The van der Waals surface area contributed by atoms with E-state index in [4.69, 9.17) is 4.74 Å². The number of Topliss-reactive ketones (excluding diaryl/α,β-unsaturated/α-hetero) is 1. The van der Waals surface area contributed by atoms with Crippen LogP contribution < -0.4 is 4.74 Å². The lowest BCUT2D eigenvalue weighted by molar-refractivity contribution is -0.386. The molecule has 0 radical (unpaired) electrons. The van der Waals surface area contributed by atoms with E-state index in [0.717, 1.165) is 11.1 Å². The van der Waals surface area contributed by atoms with E-state index < -0.39 is 11.0 Å². The highest BCUT2D eigenvalue weighted by Crippen LogP contribution is 2.27. The summed E-state index contributed by atoms with van der Waals surface area (Å²) in [6, 6.07) is 11.6. The van der Waals surface area contributed by atoms with Crippen molar-refractivity contribution >= 4 is 11.5 Å². The molecule has 0 amide bonds. The van der Waals surface area contributed by atoms with Crippen molar-refractivity contribution in [3.63, 3.8) is 0 Å². The molecule has 0 saturated heterocycles. The minimum atomic E-state index is -0.804. The summed E-state index contributed by atoms with van der Waals surface area (Å²) >= 11 is 0. The molecule has 0 aliphatic heterocycles. The second-order valence-electron chi connectivity index (χ2n) is 5.17. The molecule has 0 N–H and O–H groups in total. The van der Waals surface area contributed by atoms with E-state index in [1.165, 1.54) is 12.1 Å². The van der Waals surface area contributed by atoms with Gasteiger partial charge in [-0.05, 0) is 38.5 Å². The van der Waals surface area contributed by atoms with Gasteiger partial charge in [-0.1, -0.05) is 29.8 Å². The third-order valence-corrected chi connectivity index (χ3v) is 3.39. The van der Waals surface area contributed by atoms with Crippen LogP contribution in [0.15, 0.2) is 42.5 Å². The van der Waals surface area contributed by atoms with Gasteiger partial charge in [0.2, 0.25) is 5.78 Å². The highest BCUT2D eigenvalue weighted by Gasteiger charge is 2.22. The van der Waals surface area contributed by atoms with Crippen molar-refractivity contribution in [2.75, 3.05) is 0 Å². The number of ether oxygens (including phenoxy) is 1. The standard InChI is InChI=1S/C17H17NO4/c1-11-8-9-12(2)14(10-11)17(19)13(3)22-16-7-5-4-6-15(16)18(20)21/h4-10,13H,1-3H3/t13-/m0/s1. The van der Waals surface area contributed by atoms with Crippen LogP contribution in [-0.4, -0.2) is 16.8 Å². The molecule has 2 aromatic carbocycles. The summed E-state index contributed by atoms with van der Waals surface area (Å²) in [6.07, 6.45) is -0.804. The Morgan fingerprint density at radius 1 is 1.18 bits per heavy atom. The van der Waals surface area contributed by atoms with Crippen LogP contribution in [0.5, 0.6) is 5.75 Å². The number of nitro groups is 1. The topological polar surface area (TPSA) is 69.4 Å². The van der Waals surface area contributed by atoms with E-state index >= 15 is 0 Å². The number of rotatable bonds is 5. The molecule has 0 heterocycles. The Labute approximate surface area is 128 Å². The zero-order chi connectivity index (χ0) is 16.3. The summed E-state index contributed by atoms with van der Waals surface area (Å²) in [6.45, 7) is 5.36. The number of carbonyl (C=O) groups excluding carboxylic acids is 1. The second kappa shape index (κ2) is 6.39.